The minimum Gasteiger partial charge on any atom is -0.507 e. The van der Waals surface area contributed by atoms with Gasteiger partial charge in [0.15, 0.2) is 0 Å². The highest BCUT2D eigenvalue weighted by Gasteiger charge is 2.17. The van der Waals surface area contributed by atoms with E-state index in [9.17, 15) is 22.9 Å². The number of fused-ring (bicyclic) bond motifs is 1. The first-order valence-electron chi connectivity index (χ1n) is 7.57. The summed E-state index contributed by atoms with van der Waals surface area (Å²) in [4.78, 5) is 12.1. The largest absolute Gasteiger partial charge is 0.507 e. The molecule has 0 atom stereocenters. The van der Waals surface area contributed by atoms with Gasteiger partial charge in [-0.15, -0.1) is 0 Å². The summed E-state index contributed by atoms with van der Waals surface area (Å²) >= 11 is 0. The number of nitrogen functional groups attached to an aromatic ring is 1. The monoisotopic (exact) mass is 372 g/mol. The van der Waals surface area contributed by atoms with E-state index in [1.54, 1.807) is 25.1 Å². The number of aromatic hydroxyl groups is 1. The molecule has 8 heteroatoms. The normalized spacial score (nSPS) is 11.5. The highest BCUT2D eigenvalue weighted by molar-refractivity contribution is 7.85. The van der Waals surface area contributed by atoms with Crippen LogP contribution in [-0.2, 0) is 10.1 Å². The Morgan fingerprint density at radius 3 is 2.50 bits per heavy atom. The van der Waals surface area contributed by atoms with Crippen molar-refractivity contribution >= 4 is 38.2 Å². The summed E-state index contributed by atoms with van der Waals surface area (Å²) in [5.41, 5.74) is 7.40. The summed E-state index contributed by atoms with van der Waals surface area (Å²) in [6.45, 7) is 1.80. The minimum absolute atomic E-state index is 0.0531. The van der Waals surface area contributed by atoms with E-state index >= 15 is 0 Å². The lowest BCUT2D eigenvalue weighted by atomic mass is 10.1. The van der Waals surface area contributed by atoms with E-state index in [2.05, 4.69) is 5.32 Å². The van der Waals surface area contributed by atoms with Crippen LogP contribution in [0.15, 0.2) is 53.4 Å². The molecular formula is C18H16N2O5S. The van der Waals surface area contributed by atoms with Crippen LogP contribution in [0.4, 0.5) is 11.4 Å². The molecule has 26 heavy (non-hydrogen) atoms. The highest BCUT2D eigenvalue weighted by Crippen LogP contribution is 2.34. The Kier molecular flexibility index (Phi) is 4.31. The number of benzene rings is 3. The maximum absolute atomic E-state index is 12.5. The molecule has 7 nitrogen and oxygen atoms in total. The fraction of sp³-hybridized carbons (Fsp3) is 0.0556. The molecule has 0 unspecified atom stereocenters. The third kappa shape index (κ3) is 3.32. The Labute approximate surface area is 149 Å². The molecule has 0 aromatic heterocycles. The van der Waals surface area contributed by atoms with Gasteiger partial charge in [-0.25, -0.2) is 0 Å². The molecule has 0 aliphatic rings. The third-order valence-corrected chi connectivity index (χ3v) is 4.85. The van der Waals surface area contributed by atoms with Crippen molar-refractivity contribution in [3.8, 4) is 5.75 Å². The van der Waals surface area contributed by atoms with Crippen molar-refractivity contribution in [2.24, 2.45) is 0 Å². The van der Waals surface area contributed by atoms with E-state index in [0.29, 0.717) is 11.1 Å². The minimum atomic E-state index is -4.50. The molecule has 0 heterocycles. The summed E-state index contributed by atoms with van der Waals surface area (Å²) in [7, 11) is -4.50. The second-order valence-corrected chi connectivity index (χ2v) is 7.27. The van der Waals surface area contributed by atoms with Gasteiger partial charge in [0.1, 0.15) is 5.75 Å². The Morgan fingerprint density at radius 1 is 1.12 bits per heavy atom. The molecule has 1 amide bonds. The van der Waals surface area contributed by atoms with Crippen molar-refractivity contribution in [3.05, 3.63) is 59.7 Å². The molecule has 0 spiro atoms. The molecule has 3 aromatic rings. The number of hydrogen-bond donors (Lipinski definition) is 4. The van der Waals surface area contributed by atoms with E-state index in [1.807, 2.05) is 0 Å². The summed E-state index contributed by atoms with van der Waals surface area (Å²) in [5, 5.41) is 13.3. The summed E-state index contributed by atoms with van der Waals surface area (Å²) < 4.78 is 32.4. The second kappa shape index (κ2) is 6.32. The zero-order valence-electron chi connectivity index (χ0n) is 13.7. The fourth-order valence-corrected chi connectivity index (χ4v) is 3.15. The summed E-state index contributed by atoms with van der Waals surface area (Å²) in [5.74, 6) is -0.670. The van der Waals surface area contributed by atoms with Crippen molar-refractivity contribution in [2.75, 3.05) is 11.1 Å². The SMILES string of the molecule is Cc1ccc(C(=O)Nc2cc(S(=O)(=O)O)cc3cccc(O)c23)cc1N. The maximum atomic E-state index is 12.5. The van der Waals surface area contributed by atoms with Gasteiger partial charge in [-0.05, 0) is 48.2 Å². The van der Waals surface area contributed by atoms with Gasteiger partial charge < -0.3 is 16.2 Å². The molecule has 0 saturated carbocycles. The van der Waals surface area contributed by atoms with Gasteiger partial charge in [0, 0.05) is 16.6 Å². The van der Waals surface area contributed by atoms with Crippen LogP contribution in [0.25, 0.3) is 10.8 Å². The van der Waals surface area contributed by atoms with Crippen LogP contribution in [0.2, 0.25) is 0 Å². The summed E-state index contributed by atoms with van der Waals surface area (Å²) in [6.07, 6.45) is 0. The van der Waals surface area contributed by atoms with Crippen molar-refractivity contribution in [1.29, 1.82) is 0 Å². The lowest BCUT2D eigenvalue weighted by molar-refractivity contribution is 0.102. The smallest absolute Gasteiger partial charge is 0.294 e. The number of aryl methyl sites for hydroxylation is 1. The first-order chi connectivity index (χ1) is 12.2. The van der Waals surface area contributed by atoms with Crippen LogP contribution in [-0.4, -0.2) is 24.0 Å². The average Bonchev–Trinajstić information content (AvgIpc) is 2.56. The third-order valence-electron chi connectivity index (χ3n) is 4.02. The second-order valence-electron chi connectivity index (χ2n) is 5.85. The molecule has 0 saturated heterocycles. The number of amides is 1. The molecule has 3 rings (SSSR count). The molecule has 5 N–H and O–H groups in total. The van der Waals surface area contributed by atoms with Crippen LogP contribution in [0.1, 0.15) is 15.9 Å². The van der Waals surface area contributed by atoms with Gasteiger partial charge in [0.25, 0.3) is 16.0 Å². The van der Waals surface area contributed by atoms with E-state index in [0.717, 1.165) is 11.6 Å². The topological polar surface area (TPSA) is 130 Å². The van der Waals surface area contributed by atoms with E-state index in [-0.39, 0.29) is 22.4 Å². The van der Waals surface area contributed by atoms with Crippen LogP contribution in [0.3, 0.4) is 0 Å². The number of nitrogens with two attached hydrogens (primary N) is 1. The van der Waals surface area contributed by atoms with Gasteiger partial charge in [0.05, 0.1) is 10.6 Å². The van der Waals surface area contributed by atoms with Gasteiger partial charge >= 0.3 is 0 Å². The van der Waals surface area contributed by atoms with Gasteiger partial charge in [0.2, 0.25) is 0 Å². The lowest BCUT2D eigenvalue weighted by Gasteiger charge is -2.12. The van der Waals surface area contributed by atoms with Gasteiger partial charge in [-0.1, -0.05) is 18.2 Å². The number of carbonyl (C=O) groups is 1. The summed E-state index contributed by atoms with van der Waals surface area (Å²) in [6, 6.07) is 11.6. The predicted molar refractivity (Wildman–Crippen MR) is 99.0 cm³/mol. The number of carbonyl (C=O) groups excluding carboxylic acids is 1. The standard InChI is InChI=1S/C18H16N2O5S/c1-10-5-6-12(8-14(10)19)18(22)20-15-9-13(26(23,24)25)7-11-3-2-4-16(21)17(11)15/h2-9,21H,19H2,1H3,(H,20,22)(H,23,24,25). The Morgan fingerprint density at radius 2 is 1.85 bits per heavy atom. The van der Waals surface area contributed by atoms with Crippen LogP contribution < -0.4 is 11.1 Å². The number of anilines is 2. The number of phenols is 1. The van der Waals surface area contributed by atoms with E-state index in [1.165, 1.54) is 24.3 Å². The van der Waals surface area contributed by atoms with Gasteiger partial charge in [-0.2, -0.15) is 8.42 Å². The number of hydrogen-bond acceptors (Lipinski definition) is 5. The van der Waals surface area contributed by atoms with Crippen LogP contribution in [0, 0.1) is 6.92 Å². The Hall–Kier alpha value is -3.10. The molecule has 134 valence electrons. The first-order valence-corrected chi connectivity index (χ1v) is 9.01. The highest BCUT2D eigenvalue weighted by atomic mass is 32.2. The zero-order valence-corrected chi connectivity index (χ0v) is 14.5. The number of nitrogens with one attached hydrogen (secondary N) is 1. The Bertz CT molecular complexity index is 1140. The predicted octanol–water partition coefficient (Wildman–Crippen LogP) is 2.94. The van der Waals surface area contributed by atoms with E-state index in [4.69, 9.17) is 5.73 Å². The molecule has 0 aliphatic carbocycles. The van der Waals surface area contributed by atoms with Crippen molar-refractivity contribution in [2.45, 2.75) is 11.8 Å². The lowest BCUT2D eigenvalue weighted by Crippen LogP contribution is -2.13. The first kappa shape index (κ1) is 17.7. The molecule has 0 aliphatic heterocycles. The van der Waals surface area contributed by atoms with Crippen molar-refractivity contribution < 1.29 is 22.9 Å². The van der Waals surface area contributed by atoms with Crippen LogP contribution in [0.5, 0.6) is 5.75 Å². The average molecular weight is 372 g/mol. The van der Waals surface area contributed by atoms with Crippen LogP contribution >= 0.6 is 0 Å². The molecular weight excluding hydrogens is 356 g/mol. The molecule has 3 aromatic carbocycles. The Balaban J connectivity index is 2.13. The van der Waals surface area contributed by atoms with Gasteiger partial charge in [-0.3, -0.25) is 9.35 Å². The molecule has 0 fully saturated rings. The quantitative estimate of drug-likeness (QED) is 0.413. The fourth-order valence-electron chi connectivity index (χ4n) is 2.60. The van der Waals surface area contributed by atoms with Crippen molar-refractivity contribution in [1.82, 2.24) is 0 Å². The maximum Gasteiger partial charge on any atom is 0.294 e. The molecule has 0 radical (unpaired) electrons. The van der Waals surface area contributed by atoms with E-state index < -0.39 is 20.9 Å². The number of phenolic OH excluding ortho intramolecular Hbond substituents is 1. The molecule has 0 bridgehead atoms. The van der Waals surface area contributed by atoms with Crippen molar-refractivity contribution in [3.63, 3.8) is 0 Å². The zero-order chi connectivity index (χ0) is 19.1. The number of rotatable bonds is 3.